The Kier molecular flexibility index (Phi) is 6.74. The number of anilines is 1. The quantitative estimate of drug-likeness (QED) is 0.614. The van der Waals surface area contributed by atoms with Crippen molar-refractivity contribution in [1.29, 1.82) is 0 Å². The molecule has 3 rings (SSSR count). The Morgan fingerprint density at radius 2 is 1.90 bits per heavy atom. The lowest BCUT2D eigenvalue weighted by molar-refractivity contribution is -0.137. The second-order valence-corrected chi connectivity index (χ2v) is 8.24. The van der Waals surface area contributed by atoms with E-state index in [1.807, 2.05) is 44.0 Å². The molecule has 2 N–H and O–H groups in total. The summed E-state index contributed by atoms with van der Waals surface area (Å²) < 4.78 is 40.0. The molecule has 1 unspecified atom stereocenters. The summed E-state index contributed by atoms with van der Waals surface area (Å²) >= 11 is 0. The third kappa shape index (κ3) is 5.47. The number of aromatic carboxylic acids is 1. The summed E-state index contributed by atoms with van der Waals surface area (Å²) in [6.07, 6.45) is 0.368. The van der Waals surface area contributed by atoms with E-state index in [1.165, 1.54) is 12.1 Å². The van der Waals surface area contributed by atoms with Crippen LogP contribution in [0.2, 0.25) is 0 Å². The molecule has 1 heterocycles. The van der Waals surface area contributed by atoms with Crippen molar-refractivity contribution < 1.29 is 23.1 Å². The van der Waals surface area contributed by atoms with E-state index in [0.29, 0.717) is 24.1 Å². The number of carboxylic acids is 1. The van der Waals surface area contributed by atoms with Gasteiger partial charge in [0.05, 0.1) is 16.8 Å². The van der Waals surface area contributed by atoms with Gasteiger partial charge in [-0.05, 0) is 54.7 Å². The van der Waals surface area contributed by atoms with Crippen molar-refractivity contribution in [3.05, 3.63) is 76.5 Å². The maximum Gasteiger partial charge on any atom is 0.416 e. The summed E-state index contributed by atoms with van der Waals surface area (Å²) in [4.78, 5) is 13.6. The molecule has 1 aliphatic rings. The minimum Gasteiger partial charge on any atom is -0.478 e. The Bertz CT molecular complexity index is 983. The Labute approximate surface area is 180 Å². The van der Waals surface area contributed by atoms with Crippen LogP contribution in [0.25, 0.3) is 0 Å². The molecule has 2 aromatic carbocycles. The average Bonchev–Trinajstić information content (AvgIpc) is 2.67. The van der Waals surface area contributed by atoms with Gasteiger partial charge in [0.15, 0.2) is 0 Å². The molecule has 0 spiro atoms. The molecule has 2 aromatic rings. The first kappa shape index (κ1) is 22.9. The van der Waals surface area contributed by atoms with Gasteiger partial charge in [-0.2, -0.15) is 13.2 Å². The number of fused-ring (bicyclic) bond motifs is 1. The van der Waals surface area contributed by atoms with E-state index in [4.69, 9.17) is 0 Å². The SMILES string of the molecule is CC(C)NC(C)Cc1cc(C(F)(F)F)ccc1CN1C=CCc2cccc(C(=O)O)c21. The van der Waals surface area contributed by atoms with E-state index in [2.05, 4.69) is 5.32 Å². The zero-order valence-electron chi connectivity index (χ0n) is 17.8. The van der Waals surface area contributed by atoms with Crippen molar-refractivity contribution in [2.24, 2.45) is 0 Å². The van der Waals surface area contributed by atoms with Crippen LogP contribution >= 0.6 is 0 Å². The smallest absolute Gasteiger partial charge is 0.416 e. The van der Waals surface area contributed by atoms with Gasteiger partial charge in [0.2, 0.25) is 0 Å². The van der Waals surface area contributed by atoms with Gasteiger partial charge in [-0.3, -0.25) is 0 Å². The largest absolute Gasteiger partial charge is 0.478 e. The number of rotatable bonds is 7. The van der Waals surface area contributed by atoms with E-state index < -0.39 is 17.7 Å². The number of benzene rings is 2. The lowest BCUT2D eigenvalue weighted by Crippen LogP contribution is -2.34. The number of nitrogens with zero attached hydrogens (tertiary/aromatic N) is 1. The fraction of sp³-hybridized carbons (Fsp3) is 0.375. The lowest BCUT2D eigenvalue weighted by Gasteiger charge is -2.29. The molecule has 7 heteroatoms. The summed E-state index contributed by atoms with van der Waals surface area (Å²) in [6, 6.07) is 9.15. The molecular weight excluding hydrogens is 405 g/mol. The molecule has 0 radical (unpaired) electrons. The molecule has 0 aromatic heterocycles. The van der Waals surface area contributed by atoms with Gasteiger partial charge in [-0.1, -0.05) is 38.1 Å². The molecule has 4 nitrogen and oxygen atoms in total. The third-order valence-corrected chi connectivity index (χ3v) is 5.28. The van der Waals surface area contributed by atoms with Crippen molar-refractivity contribution in [3.8, 4) is 0 Å². The highest BCUT2D eigenvalue weighted by molar-refractivity contribution is 5.96. The standard InChI is InChI=1S/C24H27F3N2O2/c1-15(2)28-16(3)12-19-13-20(24(25,26)27)10-9-18(19)14-29-11-5-7-17-6-4-8-21(22(17)29)23(30)31/h4-6,8-11,13,15-16,28H,7,12,14H2,1-3H3,(H,30,31). The predicted molar refractivity (Wildman–Crippen MR) is 115 cm³/mol. The first-order chi connectivity index (χ1) is 14.6. The topological polar surface area (TPSA) is 52.6 Å². The minimum absolute atomic E-state index is 0.0130. The van der Waals surface area contributed by atoms with Crippen LogP contribution in [-0.4, -0.2) is 23.2 Å². The van der Waals surface area contributed by atoms with Gasteiger partial charge in [0.1, 0.15) is 0 Å². The van der Waals surface area contributed by atoms with Gasteiger partial charge in [-0.25, -0.2) is 4.79 Å². The Morgan fingerprint density at radius 3 is 2.55 bits per heavy atom. The zero-order valence-corrected chi connectivity index (χ0v) is 17.8. The van der Waals surface area contributed by atoms with Crippen LogP contribution in [0.5, 0.6) is 0 Å². The fourth-order valence-electron chi connectivity index (χ4n) is 4.07. The van der Waals surface area contributed by atoms with Crippen LogP contribution in [0, 0.1) is 0 Å². The maximum atomic E-state index is 13.3. The number of alkyl halides is 3. The Morgan fingerprint density at radius 1 is 1.16 bits per heavy atom. The van der Waals surface area contributed by atoms with E-state index >= 15 is 0 Å². The summed E-state index contributed by atoms with van der Waals surface area (Å²) in [7, 11) is 0. The van der Waals surface area contributed by atoms with Crippen LogP contribution in [-0.2, 0) is 25.6 Å². The summed E-state index contributed by atoms with van der Waals surface area (Å²) in [5, 5.41) is 13.0. The summed E-state index contributed by atoms with van der Waals surface area (Å²) in [5.74, 6) is -1.03. The molecule has 0 saturated carbocycles. The molecule has 166 valence electrons. The number of hydrogen-bond donors (Lipinski definition) is 2. The van der Waals surface area contributed by atoms with Gasteiger partial charge in [0, 0.05) is 24.8 Å². The third-order valence-electron chi connectivity index (χ3n) is 5.28. The Hall–Kier alpha value is -2.80. The van der Waals surface area contributed by atoms with Crippen molar-refractivity contribution in [2.75, 3.05) is 4.90 Å². The Balaban J connectivity index is 1.99. The van der Waals surface area contributed by atoms with E-state index in [-0.39, 0.29) is 24.2 Å². The van der Waals surface area contributed by atoms with Crippen LogP contribution in [0.15, 0.2) is 48.7 Å². The van der Waals surface area contributed by atoms with E-state index in [1.54, 1.807) is 12.1 Å². The second kappa shape index (κ2) is 9.14. The summed E-state index contributed by atoms with van der Waals surface area (Å²) in [5.41, 5.74) is 2.32. The number of carbonyl (C=O) groups is 1. The first-order valence-electron chi connectivity index (χ1n) is 10.3. The van der Waals surface area contributed by atoms with Crippen LogP contribution in [0.4, 0.5) is 18.9 Å². The summed E-state index contributed by atoms with van der Waals surface area (Å²) in [6.45, 7) is 6.22. The molecule has 0 aliphatic carbocycles. The molecule has 1 atom stereocenters. The first-order valence-corrected chi connectivity index (χ1v) is 10.3. The molecule has 0 fully saturated rings. The van der Waals surface area contributed by atoms with Crippen LogP contribution < -0.4 is 10.2 Å². The highest BCUT2D eigenvalue weighted by Gasteiger charge is 2.31. The average molecular weight is 432 g/mol. The molecular formula is C24H27F3N2O2. The second-order valence-electron chi connectivity index (χ2n) is 8.24. The normalized spacial score (nSPS) is 14.6. The van der Waals surface area contributed by atoms with Crippen LogP contribution in [0.1, 0.15) is 53.4 Å². The maximum absolute atomic E-state index is 13.3. The number of hydrogen-bond acceptors (Lipinski definition) is 3. The molecule has 0 saturated heterocycles. The number of halogens is 3. The molecule has 1 aliphatic heterocycles. The fourth-order valence-corrected chi connectivity index (χ4v) is 4.07. The molecule has 0 amide bonds. The van der Waals surface area contributed by atoms with Crippen molar-refractivity contribution >= 4 is 11.7 Å². The van der Waals surface area contributed by atoms with Crippen molar-refractivity contribution in [2.45, 2.75) is 58.4 Å². The van der Waals surface area contributed by atoms with Gasteiger partial charge in [0.25, 0.3) is 0 Å². The molecule has 0 bridgehead atoms. The zero-order chi connectivity index (χ0) is 22.8. The molecule has 31 heavy (non-hydrogen) atoms. The predicted octanol–water partition coefficient (Wildman–Crippen LogP) is 5.41. The van der Waals surface area contributed by atoms with E-state index in [0.717, 1.165) is 17.2 Å². The van der Waals surface area contributed by atoms with Crippen molar-refractivity contribution in [3.63, 3.8) is 0 Å². The number of carboxylic acid groups (broad SMARTS) is 1. The number of para-hydroxylation sites is 1. The number of nitrogens with one attached hydrogen (secondary N) is 1. The van der Waals surface area contributed by atoms with Gasteiger partial charge in [-0.15, -0.1) is 0 Å². The van der Waals surface area contributed by atoms with Crippen LogP contribution in [0.3, 0.4) is 0 Å². The lowest BCUT2D eigenvalue weighted by atomic mass is 9.95. The minimum atomic E-state index is -4.42. The highest BCUT2D eigenvalue weighted by atomic mass is 19.4. The van der Waals surface area contributed by atoms with Gasteiger partial charge >= 0.3 is 12.1 Å². The monoisotopic (exact) mass is 432 g/mol. The highest BCUT2D eigenvalue weighted by Crippen LogP contribution is 2.34. The van der Waals surface area contributed by atoms with Crippen molar-refractivity contribution in [1.82, 2.24) is 5.32 Å². The van der Waals surface area contributed by atoms with E-state index in [9.17, 15) is 23.1 Å². The van der Waals surface area contributed by atoms with Gasteiger partial charge < -0.3 is 15.3 Å². The number of allylic oxidation sites excluding steroid dienone is 1.